The van der Waals surface area contributed by atoms with Gasteiger partial charge in [-0.1, -0.05) is 18.2 Å². The molecule has 0 saturated carbocycles. The van der Waals surface area contributed by atoms with Gasteiger partial charge in [-0.3, -0.25) is 0 Å². The van der Waals surface area contributed by atoms with Crippen LogP contribution in [0, 0.1) is 13.8 Å². The molecule has 6 nitrogen and oxygen atoms in total. The lowest BCUT2D eigenvalue weighted by Crippen LogP contribution is -2.03. The number of aryl methyl sites for hydroxylation is 1. The van der Waals surface area contributed by atoms with Gasteiger partial charge in [0.05, 0.1) is 0 Å². The van der Waals surface area contributed by atoms with Crippen LogP contribution < -0.4 is 20.1 Å². The summed E-state index contributed by atoms with van der Waals surface area (Å²) in [6, 6.07) is 14.0. The lowest BCUT2D eigenvalue weighted by Gasteiger charge is -2.12. The molecule has 2 heterocycles. The Morgan fingerprint density at radius 2 is 1.81 bits per heavy atom. The van der Waals surface area contributed by atoms with Crippen molar-refractivity contribution in [1.82, 2.24) is 9.97 Å². The Kier molecular flexibility index (Phi) is 4.31. The van der Waals surface area contributed by atoms with Crippen LogP contribution in [-0.4, -0.2) is 16.8 Å². The Morgan fingerprint density at radius 1 is 0.962 bits per heavy atom. The van der Waals surface area contributed by atoms with E-state index in [1.807, 2.05) is 36.4 Å². The Hall–Kier alpha value is -3.28. The molecule has 0 spiro atoms. The van der Waals surface area contributed by atoms with E-state index in [2.05, 4.69) is 40.5 Å². The van der Waals surface area contributed by atoms with Gasteiger partial charge in [0.15, 0.2) is 11.5 Å². The fourth-order valence-corrected chi connectivity index (χ4v) is 2.79. The van der Waals surface area contributed by atoms with Crippen molar-refractivity contribution in [3.63, 3.8) is 0 Å². The fraction of sp³-hybridized carbons (Fsp3) is 0.200. The van der Waals surface area contributed by atoms with E-state index in [4.69, 9.17) is 9.47 Å². The number of benzene rings is 2. The summed E-state index contributed by atoms with van der Waals surface area (Å²) in [5.41, 5.74) is 4.59. The number of nitrogens with one attached hydrogen (secondary N) is 2. The molecule has 132 valence electrons. The number of hydrogen-bond acceptors (Lipinski definition) is 6. The van der Waals surface area contributed by atoms with Crippen LogP contribution in [0.3, 0.4) is 0 Å². The van der Waals surface area contributed by atoms with Crippen LogP contribution in [0.2, 0.25) is 0 Å². The largest absolute Gasteiger partial charge is 0.454 e. The van der Waals surface area contributed by atoms with Crippen molar-refractivity contribution in [3.05, 3.63) is 65.5 Å². The third kappa shape index (κ3) is 3.39. The third-order valence-corrected chi connectivity index (χ3v) is 4.45. The van der Waals surface area contributed by atoms with Crippen molar-refractivity contribution >= 4 is 17.3 Å². The Labute approximate surface area is 152 Å². The maximum absolute atomic E-state index is 5.41. The highest BCUT2D eigenvalue weighted by Gasteiger charge is 2.13. The quantitative estimate of drug-likeness (QED) is 0.721. The average molecular weight is 348 g/mol. The predicted molar refractivity (Wildman–Crippen MR) is 101 cm³/mol. The number of hydrogen-bond donors (Lipinski definition) is 2. The van der Waals surface area contributed by atoms with E-state index in [0.29, 0.717) is 6.54 Å². The Bertz CT molecular complexity index is 943. The fourth-order valence-electron chi connectivity index (χ4n) is 2.79. The molecule has 0 amide bonds. The zero-order chi connectivity index (χ0) is 17.9. The van der Waals surface area contributed by atoms with Crippen molar-refractivity contribution < 1.29 is 9.47 Å². The maximum Gasteiger partial charge on any atom is 0.231 e. The molecule has 2 aromatic carbocycles. The van der Waals surface area contributed by atoms with E-state index in [-0.39, 0.29) is 6.79 Å². The Morgan fingerprint density at radius 3 is 2.73 bits per heavy atom. The van der Waals surface area contributed by atoms with Gasteiger partial charge in [-0.25, -0.2) is 9.97 Å². The summed E-state index contributed by atoms with van der Waals surface area (Å²) in [7, 11) is 0. The molecule has 3 aromatic rings. The highest BCUT2D eigenvalue weighted by Crippen LogP contribution is 2.32. The summed E-state index contributed by atoms with van der Waals surface area (Å²) in [5.74, 6) is 3.08. The van der Waals surface area contributed by atoms with Gasteiger partial charge < -0.3 is 20.1 Å². The van der Waals surface area contributed by atoms with Crippen molar-refractivity contribution in [1.29, 1.82) is 0 Å². The van der Waals surface area contributed by atoms with Gasteiger partial charge in [0, 0.05) is 18.3 Å². The van der Waals surface area contributed by atoms with Gasteiger partial charge in [-0.05, 0) is 48.7 Å². The van der Waals surface area contributed by atoms with E-state index in [9.17, 15) is 0 Å². The van der Waals surface area contributed by atoms with E-state index >= 15 is 0 Å². The lowest BCUT2D eigenvalue weighted by atomic mass is 10.1. The van der Waals surface area contributed by atoms with Crippen molar-refractivity contribution in [2.75, 3.05) is 17.4 Å². The van der Waals surface area contributed by atoms with E-state index in [1.54, 1.807) is 6.33 Å². The summed E-state index contributed by atoms with van der Waals surface area (Å²) in [6.07, 6.45) is 1.55. The first-order chi connectivity index (χ1) is 12.7. The molecule has 4 rings (SSSR count). The van der Waals surface area contributed by atoms with Crippen LogP contribution in [0.1, 0.15) is 16.7 Å². The first-order valence-electron chi connectivity index (χ1n) is 8.47. The molecule has 0 bridgehead atoms. The van der Waals surface area contributed by atoms with E-state index < -0.39 is 0 Å². The molecule has 0 fully saturated rings. The topological polar surface area (TPSA) is 68.3 Å². The summed E-state index contributed by atoms with van der Waals surface area (Å²) < 4.78 is 10.7. The predicted octanol–water partition coefficient (Wildman–Crippen LogP) is 4.18. The number of rotatable bonds is 5. The van der Waals surface area contributed by atoms with Crippen molar-refractivity contribution in [3.8, 4) is 11.5 Å². The highest BCUT2D eigenvalue weighted by molar-refractivity contribution is 5.63. The van der Waals surface area contributed by atoms with Gasteiger partial charge >= 0.3 is 0 Å². The Balaban J connectivity index is 1.45. The summed E-state index contributed by atoms with van der Waals surface area (Å²) >= 11 is 0. The molecule has 6 heteroatoms. The van der Waals surface area contributed by atoms with E-state index in [0.717, 1.165) is 34.4 Å². The SMILES string of the molecule is Cc1cccc(Nc2cc(NCc3ccc4c(c3)OCO4)ncn2)c1C. The van der Waals surface area contributed by atoms with E-state index in [1.165, 1.54) is 11.1 Å². The molecule has 1 aliphatic heterocycles. The first kappa shape index (κ1) is 16.2. The number of nitrogens with zero attached hydrogens (tertiary/aromatic N) is 2. The van der Waals surface area contributed by atoms with Crippen molar-refractivity contribution in [2.45, 2.75) is 20.4 Å². The zero-order valence-electron chi connectivity index (χ0n) is 14.7. The summed E-state index contributed by atoms with van der Waals surface area (Å²) in [5, 5.41) is 6.67. The minimum atomic E-state index is 0.283. The van der Waals surface area contributed by atoms with Crippen molar-refractivity contribution in [2.24, 2.45) is 0 Å². The molecule has 0 saturated heterocycles. The van der Waals surface area contributed by atoms with Crippen LogP contribution in [0.4, 0.5) is 17.3 Å². The third-order valence-electron chi connectivity index (χ3n) is 4.45. The molecule has 26 heavy (non-hydrogen) atoms. The molecule has 0 radical (unpaired) electrons. The molecule has 2 N–H and O–H groups in total. The molecule has 0 aliphatic carbocycles. The maximum atomic E-state index is 5.41. The number of anilines is 3. The van der Waals surface area contributed by atoms with Gasteiger partial charge in [-0.15, -0.1) is 0 Å². The van der Waals surface area contributed by atoms with Gasteiger partial charge in [-0.2, -0.15) is 0 Å². The molecule has 0 unspecified atom stereocenters. The average Bonchev–Trinajstić information content (AvgIpc) is 3.12. The minimum absolute atomic E-state index is 0.283. The van der Waals surface area contributed by atoms with Crippen LogP contribution >= 0.6 is 0 Å². The number of fused-ring (bicyclic) bond motifs is 1. The lowest BCUT2D eigenvalue weighted by molar-refractivity contribution is 0.174. The smallest absolute Gasteiger partial charge is 0.231 e. The highest BCUT2D eigenvalue weighted by atomic mass is 16.7. The molecular weight excluding hydrogens is 328 g/mol. The van der Waals surface area contributed by atoms with Crippen LogP contribution in [0.15, 0.2) is 48.8 Å². The second kappa shape index (κ2) is 6.92. The zero-order valence-corrected chi connectivity index (χ0v) is 14.7. The van der Waals surface area contributed by atoms with Gasteiger partial charge in [0.2, 0.25) is 6.79 Å². The second-order valence-corrected chi connectivity index (χ2v) is 6.20. The standard InChI is InChI=1S/C20H20N4O2/c1-13-4-3-5-16(14(13)2)24-20-9-19(22-11-23-20)21-10-15-6-7-17-18(8-15)26-12-25-17/h3-9,11H,10,12H2,1-2H3,(H2,21,22,23,24). The summed E-state index contributed by atoms with van der Waals surface area (Å²) in [4.78, 5) is 8.60. The molecular formula is C20H20N4O2. The molecule has 0 atom stereocenters. The minimum Gasteiger partial charge on any atom is -0.454 e. The van der Waals surface area contributed by atoms with Crippen LogP contribution in [0.5, 0.6) is 11.5 Å². The summed E-state index contributed by atoms with van der Waals surface area (Å²) in [6.45, 7) is 5.11. The normalized spacial score (nSPS) is 12.1. The van der Waals surface area contributed by atoms with Gasteiger partial charge in [0.1, 0.15) is 18.0 Å². The first-order valence-corrected chi connectivity index (χ1v) is 8.47. The molecule has 1 aromatic heterocycles. The second-order valence-electron chi connectivity index (χ2n) is 6.20. The van der Waals surface area contributed by atoms with Crippen LogP contribution in [0.25, 0.3) is 0 Å². The monoisotopic (exact) mass is 348 g/mol. The molecule has 1 aliphatic rings. The van der Waals surface area contributed by atoms with Crippen LogP contribution in [-0.2, 0) is 6.54 Å². The number of aromatic nitrogens is 2. The van der Waals surface area contributed by atoms with Gasteiger partial charge in [0.25, 0.3) is 0 Å². The number of ether oxygens (including phenoxy) is 2.